The van der Waals surface area contributed by atoms with Crippen molar-refractivity contribution in [2.45, 2.75) is 47.0 Å². The second kappa shape index (κ2) is 6.88. The highest BCUT2D eigenvalue weighted by atomic mass is 16.3. The summed E-state index contributed by atoms with van der Waals surface area (Å²) in [5, 5.41) is 15.7. The monoisotopic (exact) mass is 280 g/mol. The molecule has 1 aromatic heterocycles. The molecular formula is C15H28N4O. The van der Waals surface area contributed by atoms with Gasteiger partial charge in [-0.05, 0) is 19.8 Å². The molecule has 0 aromatic carbocycles. The predicted octanol–water partition coefficient (Wildman–Crippen LogP) is 2.55. The van der Waals surface area contributed by atoms with Crippen LogP contribution in [0.3, 0.4) is 0 Å². The summed E-state index contributed by atoms with van der Waals surface area (Å²) in [6, 6.07) is 0. The molecule has 1 heterocycles. The van der Waals surface area contributed by atoms with Crippen molar-refractivity contribution in [1.82, 2.24) is 9.97 Å². The lowest BCUT2D eigenvalue weighted by molar-refractivity contribution is 0.244. The lowest BCUT2D eigenvalue weighted by atomic mass is 9.95. The van der Waals surface area contributed by atoms with Crippen molar-refractivity contribution in [3.8, 4) is 0 Å². The molecule has 0 aliphatic heterocycles. The average Bonchev–Trinajstić information content (AvgIpc) is 2.38. The molecule has 0 aliphatic rings. The lowest BCUT2D eigenvalue weighted by Crippen LogP contribution is -2.22. The summed E-state index contributed by atoms with van der Waals surface area (Å²) in [4.78, 5) is 9.28. The van der Waals surface area contributed by atoms with Crippen LogP contribution >= 0.6 is 0 Å². The molecular weight excluding hydrogens is 252 g/mol. The van der Waals surface area contributed by atoms with Gasteiger partial charge in [-0.25, -0.2) is 9.97 Å². The largest absolute Gasteiger partial charge is 0.396 e. The first-order valence-corrected chi connectivity index (χ1v) is 7.27. The Hall–Kier alpha value is -1.36. The van der Waals surface area contributed by atoms with Crippen molar-refractivity contribution in [3.63, 3.8) is 0 Å². The first-order chi connectivity index (χ1) is 9.29. The van der Waals surface area contributed by atoms with Crippen LogP contribution in [0, 0.1) is 12.8 Å². The predicted molar refractivity (Wildman–Crippen MR) is 84.4 cm³/mol. The Bertz CT molecular complexity index is 440. The maximum Gasteiger partial charge on any atom is 0.138 e. The SMILES string of the molecule is CCNc1nc(C(C)(C)C)nc(NCC(C)CO)c1C. The smallest absolute Gasteiger partial charge is 0.138 e. The topological polar surface area (TPSA) is 70.1 Å². The van der Waals surface area contributed by atoms with E-state index in [9.17, 15) is 0 Å². The van der Waals surface area contributed by atoms with Crippen LogP contribution < -0.4 is 10.6 Å². The third-order valence-corrected chi connectivity index (χ3v) is 3.09. The van der Waals surface area contributed by atoms with Gasteiger partial charge < -0.3 is 15.7 Å². The zero-order valence-corrected chi connectivity index (χ0v) is 13.5. The molecule has 5 nitrogen and oxygen atoms in total. The highest BCUT2D eigenvalue weighted by Gasteiger charge is 2.21. The fourth-order valence-electron chi connectivity index (χ4n) is 1.70. The van der Waals surface area contributed by atoms with Crippen molar-refractivity contribution in [2.75, 3.05) is 30.3 Å². The molecule has 0 bridgehead atoms. The minimum atomic E-state index is -0.100. The van der Waals surface area contributed by atoms with Gasteiger partial charge in [0.25, 0.3) is 0 Å². The van der Waals surface area contributed by atoms with Crippen molar-refractivity contribution in [3.05, 3.63) is 11.4 Å². The summed E-state index contributed by atoms with van der Waals surface area (Å²) in [5.41, 5.74) is 0.918. The highest BCUT2D eigenvalue weighted by molar-refractivity contribution is 5.57. The summed E-state index contributed by atoms with van der Waals surface area (Å²) < 4.78 is 0. The second-order valence-electron chi connectivity index (χ2n) is 6.32. The van der Waals surface area contributed by atoms with Crippen LogP contribution in [0.2, 0.25) is 0 Å². The molecule has 5 heteroatoms. The third kappa shape index (κ3) is 4.34. The van der Waals surface area contributed by atoms with E-state index in [1.54, 1.807) is 0 Å². The van der Waals surface area contributed by atoms with Gasteiger partial charge in [0.05, 0.1) is 0 Å². The van der Waals surface area contributed by atoms with Gasteiger partial charge in [0.15, 0.2) is 0 Å². The minimum absolute atomic E-state index is 0.100. The Morgan fingerprint density at radius 2 is 1.70 bits per heavy atom. The number of anilines is 2. The summed E-state index contributed by atoms with van der Waals surface area (Å²) >= 11 is 0. The van der Waals surface area contributed by atoms with Gasteiger partial charge in [-0.3, -0.25) is 0 Å². The van der Waals surface area contributed by atoms with E-state index >= 15 is 0 Å². The number of nitrogens with zero attached hydrogens (tertiary/aromatic N) is 2. The molecule has 0 amide bonds. The Morgan fingerprint density at radius 3 is 2.15 bits per heavy atom. The second-order valence-corrected chi connectivity index (χ2v) is 6.32. The van der Waals surface area contributed by atoms with Crippen LogP contribution in [-0.2, 0) is 5.41 Å². The van der Waals surface area contributed by atoms with Gasteiger partial charge in [0, 0.05) is 30.7 Å². The number of aromatic nitrogens is 2. The van der Waals surface area contributed by atoms with Gasteiger partial charge in [0.2, 0.25) is 0 Å². The zero-order valence-electron chi connectivity index (χ0n) is 13.5. The van der Waals surface area contributed by atoms with Crippen LogP contribution in [0.4, 0.5) is 11.6 Å². The Labute approximate surface area is 122 Å². The summed E-state index contributed by atoms with van der Waals surface area (Å²) in [6.45, 7) is 14.1. The molecule has 1 unspecified atom stereocenters. The van der Waals surface area contributed by atoms with Gasteiger partial charge in [-0.1, -0.05) is 27.7 Å². The molecule has 1 aromatic rings. The van der Waals surface area contributed by atoms with Crippen molar-refractivity contribution < 1.29 is 5.11 Å². The fourth-order valence-corrected chi connectivity index (χ4v) is 1.70. The molecule has 0 spiro atoms. The number of rotatable bonds is 6. The minimum Gasteiger partial charge on any atom is -0.396 e. The lowest BCUT2D eigenvalue weighted by Gasteiger charge is -2.21. The van der Waals surface area contributed by atoms with Gasteiger partial charge in [-0.2, -0.15) is 0 Å². The number of hydrogen-bond acceptors (Lipinski definition) is 5. The van der Waals surface area contributed by atoms with E-state index < -0.39 is 0 Å². The molecule has 0 aliphatic carbocycles. The van der Waals surface area contributed by atoms with Gasteiger partial charge >= 0.3 is 0 Å². The van der Waals surface area contributed by atoms with Crippen LogP contribution in [0.5, 0.6) is 0 Å². The standard InChI is InChI=1S/C15H28N4O/c1-7-16-12-11(3)13(17-8-10(2)9-20)19-14(18-12)15(4,5)6/h10,20H,7-9H2,1-6H3,(H2,16,17,18,19). The molecule has 0 saturated carbocycles. The van der Waals surface area contributed by atoms with Gasteiger partial charge in [-0.15, -0.1) is 0 Å². The molecule has 114 valence electrons. The maximum atomic E-state index is 9.12. The molecule has 0 saturated heterocycles. The van der Waals surface area contributed by atoms with E-state index in [1.807, 2.05) is 13.8 Å². The molecule has 0 radical (unpaired) electrons. The number of aliphatic hydroxyl groups excluding tert-OH is 1. The fraction of sp³-hybridized carbons (Fsp3) is 0.733. The molecule has 20 heavy (non-hydrogen) atoms. The maximum absolute atomic E-state index is 9.12. The van der Waals surface area contributed by atoms with E-state index in [0.717, 1.165) is 29.6 Å². The van der Waals surface area contributed by atoms with E-state index in [-0.39, 0.29) is 17.9 Å². The summed E-state index contributed by atoms with van der Waals surface area (Å²) in [7, 11) is 0. The van der Waals surface area contributed by atoms with Crippen LogP contribution in [0.1, 0.15) is 46.0 Å². The molecule has 0 fully saturated rings. The highest BCUT2D eigenvalue weighted by Crippen LogP contribution is 2.26. The van der Waals surface area contributed by atoms with E-state index in [2.05, 4.69) is 48.3 Å². The first-order valence-electron chi connectivity index (χ1n) is 7.27. The van der Waals surface area contributed by atoms with Gasteiger partial charge in [0.1, 0.15) is 17.5 Å². The van der Waals surface area contributed by atoms with Crippen LogP contribution in [-0.4, -0.2) is 34.8 Å². The first kappa shape index (κ1) is 16.7. The van der Waals surface area contributed by atoms with E-state index in [0.29, 0.717) is 6.54 Å². The Balaban J connectivity index is 3.10. The zero-order chi connectivity index (χ0) is 15.3. The van der Waals surface area contributed by atoms with Crippen molar-refractivity contribution in [2.24, 2.45) is 5.92 Å². The van der Waals surface area contributed by atoms with E-state index in [4.69, 9.17) is 5.11 Å². The van der Waals surface area contributed by atoms with Crippen molar-refractivity contribution in [1.29, 1.82) is 0 Å². The summed E-state index contributed by atoms with van der Waals surface area (Å²) in [5.74, 6) is 2.75. The third-order valence-electron chi connectivity index (χ3n) is 3.09. The molecule has 1 atom stereocenters. The Morgan fingerprint density at radius 1 is 1.15 bits per heavy atom. The normalized spacial score (nSPS) is 13.2. The summed E-state index contributed by atoms with van der Waals surface area (Å²) in [6.07, 6.45) is 0. The average molecular weight is 280 g/mol. The number of nitrogens with one attached hydrogen (secondary N) is 2. The number of aliphatic hydroxyl groups is 1. The molecule has 1 rings (SSSR count). The van der Waals surface area contributed by atoms with Crippen LogP contribution in [0.25, 0.3) is 0 Å². The number of hydrogen-bond donors (Lipinski definition) is 3. The van der Waals surface area contributed by atoms with Crippen LogP contribution in [0.15, 0.2) is 0 Å². The quantitative estimate of drug-likeness (QED) is 0.747. The van der Waals surface area contributed by atoms with E-state index in [1.165, 1.54) is 0 Å². The Kier molecular flexibility index (Phi) is 5.74. The molecule has 3 N–H and O–H groups in total. The van der Waals surface area contributed by atoms with Crippen molar-refractivity contribution >= 4 is 11.6 Å².